The first-order valence-electron chi connectivity index (χ1n) is 11.4. The lowest BCUT2D eigenvalue weighted by atomic mass is 10.2. The van der Waals surface area contributed by atoms with Crippen LogP contribution in [0.15, 0.2) is 52.3 Å². The Balaban J connectivity index is 2.51. The van der Waals surface area contributed by atoms with E-state index in [-0.39, 0.29) is 21.1 Å². The SMILES string of the molecule is CCCCCOc1cc(C)c(S(=O)(=O)C(=[N+]=[N-])S(=O)(=O)c2ccccc2)cc1OCCCCC. The first kappa shape index (κ1) is 27.6. The summed E-state index contributed by atoms with van der Waals surface area (Å²) in [6.07, 6.45) is 5.56. The van der Waals surface area contributed by atoms with Gasteiger partial charge in [0.2, 0.25) is 0 Å². The first-order valence-corrected chi connectivity index (χ1v) is 14.3. The Morgan fingerprint density at radius 2 is 1.35 bits per heavy atom. The molecule has 0 fully saturated rings. The molecule has 10 heteroatoms. The van der Waals surface area contributed by atoms with Gasteiger partial charge in [0.1, 0.15) is 0 Å². The zero-order valence-electron chi connectivity index (χ0n) is 19.9. The molecule has 8 nitrogen and oxygen atoms in total. The van der Waals surface area contributed by atoms with Gasteiger partial charge in [0.05, 0.1) is 23.0 Å². The minimum atomic E-state index is -4.71. The Morgan fingerprint density at radius 1 is 0.824 bits per heavy atom. The van der Waals surface area contributed by atoms with E-state index in [9.17, 15) is 22.4 Å². The number of hydrogen-bond donors (Lipinski definition) is 0. The van der Waals surface area contributed by atoms with Crippen molar-refractivity contribution in [1.82, 2.24) is 0 Å². The molecule has 2 aromatic carbocycles. The lowest BCUT2D eigenvalue weighted by molar-refractivity contribution is 0.00380. The van der Waals surface area contributed by atoms with Gasteiger partial charge in [0, 0.05) is 6.07 Å². The zero-order valence-corrected chi connectivity index (χ0v) is 21.5. The van der Waals surface area contributed by atoms with Crippen molar-refractivity contribution >= 4 is 24.1 Å². The summed E-state index contributed by atoms with van der Waals surface area (Å²) in [5.74, 6) is 0.587. The summed E-state index contributed by atoms with van der Waals surface area (Å²) in [5.41, 5.74) is 9.72. The monoisotopic (exact) mass is 508 g/mol. The number of unbranched alkanes of at least 4 members (excludes halogenated alkanes) is 4. The fraction of sp³-hybridized carbons (Fsp3) is 0.458. The second-order valence-electron chi connectivity index (χ2n) is 7.86. The summed E-state index contributed by atoms with van der Waals surface area (Å²) in [6.45, 7) is 6.45. The Morgan fingerprint density at radius 3 is 1.85 bits per heavy atom. The van der Waals surface area contributed by atoms with Gasteiger partial charge in [-0.3, -0.25) is 0 Å². The van der Waals surface area contributed by atoms with E-state index in [4.69, 9.17) is 9.47 Å². The molecule has 0 atom stereocenters. The van der Waals surface area contributed by atoms with Crippen LogP contribution in [0, 0.1) is 6.92 Å². The fourth-order valence-electron chi connectivity index (χ4n) is 3.27. The van der Waals surface area contributed by atoms with Crippen LogP contribution in [0.2, 0.25) is 0 Å². The van der Waals surface area contributed by atoms with E-state index in [0.29, 0.717) is 19.0 Å². The third-order valence-electron chi connectivity index (χ3n) is 5.14. The Kier molecular flexibility index (Phi) is 10.3. The number of rotatable bonds is 12. The molecule has 0 saturated carbocycles. The maximum Gasteiger partial charge on any atom is 0.504 e. The minimum absolute atomic E-state index is 0.200. The highest BCUT2D eigenvalue weighted by Gasteiger charge is 2.45. The summed E-state index contributed by atoms with van der Waals surface area (Å²) in [6, 6.07) is 9.72. The largest absolute Gasteiger partial charge is 0.504 e. The molecular formula is C24H32N2O6S2. The van der Waals surface area contributed by atoms with Crippen LogP contribution >= 0.6 is 0 Å². The molecule has 0 aliphatic heterocycles. The molecule has 0 radical (unpaired) electrons. The van der Waals surface area contributed by atoms with E-state index in [0.717, 1.165) is 38.5 Å². The van der Waals surface area contributed by atoms with Gasteiger partial charge in [-0.25, -0.2) is 16.8 Å². The maximum atomic E-state index is 13.4. The van der Waals surface area contributed by atoms with E-state index in [2.05, 4.69) is 18.6 Å². The van der Waals surface area contributed by atoms with Gasteiger partial charge in [-0.15, -0.1) is 4.79 Å². The number of benzene rings is 2. The van der Waals surface area contributed by atoms with Crippen molar-refractivity contribution in [3.8, 4) is 11.5 Å². The van der Waals surface area contributed by atoms with Gasteiger partial charge in [0.25, 0.3) is 19.7 Å². The summed E-state index contributed by atoms with van der Waals surface area (Å²) >= 11 is 0. The van der Waals surface area contributed by atoms with Crippen molar-refractivity contribution < 1.29 is 31.1 Å². The molecule has 34 heavy (non-hydrogen) atoms. The van der Waals surface area contributed by atoms with Crippen LogP contribution in [0.3, 0.4) is 0 Å². The number of sulfone groups is 2. The Hall–Kier alpha value is -2.68. The van der Waals surface area contributed by atoms with Crippen LogP contribution in [-0.4, -0.2) is 39.2 Å². The normalized spacial score (nSPS) is 11.6. The van der Waals surface area contributed by atoms with Crippen molar-refractivity contribution in [3.05, 3.63) is 53.6 Å². The predicted octanol–water partition coefficient (Wildman–Crippen LogP) is 4.97. The summed E-state index contributed by atoms with van der Waals surface area (Å²) in [7, 11) is -9.32. The summed E-state index contributed by atoms with van der Waals surface area (Å²) < 4.78 is 63.0. The molecule has 0 aliphatic carbocycles. The Bertz CT molecular complexity index is 1220. The summed E-state index contributed by atoms with van der Waals surface area (Å²) in [5, 5.41) is 0. The zero-order chi connectivity index (χ0) is 25.2. The van der Waals surface area contributed by atoms with Gasteiger partial charge >= 0.3 is 4.38 Å². The lowest BCUT2D eigenvalue weighted by Gasteiger charge is -2.16. The quantitative estimate of drug-likeness (QED) is 0.131. The second-order valence-corrected chi connectivity index (χ2v) is 11.8. The van der Waals surface area contributed by atoms with Gasteiger partial charge < -0.3 is 15.0 Å². The topological polar surface area (TPSA) is 123 Å². The maximum absolute atomic E-state index is 13.4. The van der Waals surface area contributed by atoms with Gasteiger partial charge in [0.15, 0.2) is 11.5 Å². The number of hydrogen-bond acceptors (Lipinski definition) is 6. The van der Waals surface area contributed by atoms with Crippen LogP contribution < -0.4 is 9.47 Å². The highest BCUT2D eigenvalue weighted by Crippen LogP contribution is 2.35. The molecular weight excluding hydrogens is 476 g/mol. The molecule has 0 unspecified atom stereocenters. The van der Waals surface area contributed by atoms with Crippen molar-refractivity contribution in [1.29, 1.82) is 0 Å². The third kappa shape index (κ3) is 6.68. The van der Waals surface area contributed by atoms with Gasteiger partial charge in [-0.2, -0.15) is 0 Å². The van der Waals surface area contributed by atoms with Crippen LogP contribution in [-0.2, 0) is 19.7 Å². The van der Waals surface area contributed by atoms with Crippen LogP contribution in [0.4, 0.5) is 0 Å². The molecule has 0 aliphatic rings. The number of aryl methyl sites for hydroxylation is 1. The smallest absolute Gasteiger partial charge is 0.490 e. The molecule has 0 spiro atoms. The summed E-state index contributed by atoms with van der Waals surface area (Å²) in [4.78, 5) is 2.08. The molecule has 2 rings (SSSR count). The predicted molar refractivity (Wildman–Crippen MR) is 131 cm³/mol. The van der Waals surface area contributed by atoms with Crippen LogP contribution in [0.5, 0.6) is 11.5 Å². The molecule has 0 bridgehead atoms. The molecule has 0 aromatic heterocycles. The van der Waals surface area contributed by atoms with E-state index in [1.165, 1.54) is 43.3 Å². The van der Waals surface area contributed by atoms with Crippen molar-refractivity contribution in [2.24, 2.45) is 0 Å². The molecule has 0 amide bonds. The molecule has 186 valence electrons. The number of ether oxygens (including phenoxy) is 2. The van der Waals surface area contributed by atoms with E-state index in [1.807, 2.05) is 0 Å². The van der Waals surface area contributed by atoms with E-state index in [1.54, 1.807) is 6.07 Å². The van der Waals surface area contributed by atoms with Crippen LogP contribution in [0.25, 0.3) is 5.53 Å². The third-order valence-corrected chi connectivity index (χ3v) is 9.45. The average molecular weight is 509 g/mol. The van der Waals surface area contributed by atoms with E-state index >= 15 is 0 Å². The standard InChI is InChI=1S/C24H32N2O6S2/c1-4-6-11-15-31-21-17-19(3)23(18-22(21)32-16-12-7-5-2)34(29,30)24(26-25)33(27,28)20-13-9-8-10-14-20/h8-10,13-14,17-18H,4-7,11-12,15-16H2,1-3H3. The first-order chi connectivity index (χ1) is 16.2. The van der Waals surface area contributed by atoms with Gasteiger partial charge in [-0.05, 0) is 43.5 Å². The highest BCUT2D eigenvalue weighted by atomic mass is 32.3. The molecule has 2 aromatic rings. The second kappa shape index (κ2) is 12.7. The minimum Gasteiger partial charge on any atom is -0.490 e. The lowest BCUT2D eigenvalue weighted by Crippen LogP contribution is -2.27. The van der Waals surface area contributed by atoms with Gasteiger partial charge in [-0.1, -0.05) is 57.7 Å². The average Bonchev–Trinajstić information content (AvgIpc) is 2.81. The van der Waals surface area contributed by atoms with E-state index < -0.39 is 24.1 Å². The Labute approximate surface area is 202 Å². The molecule has 0 heterocycles. The van der Waals surface area contributed by atoms with Crippen LogP contribution in [0.1, 0.15) is 57.9 Å². The number of nitrogens with zero attached hydrogens (tertiary/aromatic N) is 2. The fourth-order valence-corrected chi connectivity index (χ4v) is 6.85. The molecule has 0 N–H and O–H groups in total. The highest BCUT2D eigenvalue weighted by molar-refractivity contribution is 8.31. The molecule has 0 saturated heterocycles. The van der Waals surface area contributed by atoms with Crippen molar-refractivity contribution in [3.63, 3.8) is 0 Å². The van der Waals surface area contributed by atoms with Crippen molar-refractivity contribution in [2.45, 2.75) is 69.1 Å². The van der Waals surface area contributed by atoms with Crippen molar-refractivity contribution in [2.75, 3.05) is 13.2 Å².